The number of nitrogens with two attached hydrogens (primary N) is 1. The van der Waals surface area contributed by atoms with Crippen LogP contribution in [0.25, 0.3) is 0 Å². The van der Waals surface area contributed by atoms with Crippen LogP contribution in [0.15, 0.2) is 18.5 Å². The normalized spacial score (nSPS) is 15.7. The van der Waals surface area contributed by atoms with E-state index < -0.39 is 12.1 Å². The molecule has 0 radical (unpaired) electrons. The summed E-state index contributed by atoms with van der Waals surface area (Å²) in [7, 11) is 1.88. The van der Waals surface area contributed by atoms with Gasteiger partial charge in [0.05, 0.1) is 6.10 Å². The molecule has 0 saturated heterocycles. The van der Waals surface area contributed by atoms with Crippen molar-refractivity contribution >= 4 is 0 Å². The SMILES string of the molecule is Cn1ccc(C(O)C(N)CCO)c1. The molecular weight excluding hydrogens is 168 g/mol. The number of aliphatic hydroxyl groups excluding tert-OH is 2. The fourth-order valence-electron chi connectivity index (χ4n) is 1.25. The Balaban J connectivity index is 2.61. The highest BCUT2D eigenvalue weighted by molar-refractivity contribution is 5.14. The maximum absolute atomic E-state index is 9.68. The highest BCUT2D eigenvalue weighted by Gasteiger charge is 2.16. The molecule has 0 aliphatic rings. The molecule has 1 heterocycles. The number of aromatic nitrogens is 1. The van der Waals surface area contributed by atoms with E-state index in [2.05, 4.69) is 0 Å². The van der Waals surface area contributed by atoms with Gasteiger partial charge in [-0.2, -0.15) is 0 Å². The minimum Gasteiger partial charge on any atom is -0.396 e. The first-order valence-corrected chi connectivity index (χ1v) is 4.31. The first-order valence-electron chi connectivity index (χ1n) is 4.31. The zero-order valence-corrected chi connectivity index (χ0v) is 7.72. The summed E-state index contributed by atoms with van der Waals surface area (Å²) in [4.78, 5) is 0. The average molecular weight is 184 g/mol. The molecule has 4 heteroatoms. The van der Waals surface area contributed by atoms with E-state index in [-0.39, 0.29) is 6.61 Å². The molecule has 0 aromatic carbocycles. The van der Waals surface area contributed by atoms with Gasteiger partial charge in [0, 0.05) is 32.1 Å². The highest BCUT2D eigenvalue weighted by atomic mass is 16.3. The van der Waals surface area contributed by atoms with Gasteiger partial charge in [-0.3, -0.25) is 0 Å². The van der Waals surface area contributed by atoms with Gasteiger partial charge in [-0.25, -0.2) is 0 Å². The highest BCUT2D eigenvalue weighted by Crippen LogP contribution is 2.16. The summed E-state index contributed by atoms with van der Waals surface area (Å²) >= 11 is 0. The van der Waals surface area contributed by atoms with Crippen molar-refractivity contribution in [1.29, 1.82) is 0 Å². The molecule has 4 N–H and O–H groups in total. The van der Waals surface area contributed by atoms with E-state index in [0.29, 0.717) is 6.42 Å². The van der Waals surface area contributed by atoms with Crippen molar-refractivity contribution in [3.63, 3.8) is 0 Å². The summed E-state index contributed by atoms with van der Waals surface area (Å²) in [6.07, 6.45) is 3.40. The number of hydrogen-bond donors (Lipinski definition) is 3. The molecule has 1 aromatic heterocycles. The molecule has 0 saturated carbocycles. The van der Waals surface area contributed by atoms with Crippen LogP contribution in [0.5, 0.6) is 0 Å². The molecule has 1 aromatic rings. The summed E-state index contributed by atoms with van der Waals surface area (Å²) < 4.78 is 1.85. The largest absolute Gasteiger partial charge is 0.396 e. The second-order valence-corrected chi connectivity index (χ2v) is 3.23. The van der Waals surface area contributed by atoms with Crippen LogP contribution in [0.2, 0.25) is 0 Å². The smallest absolute Gasteiger partial charge is 0.0956 e. The van der Waals surface area contributed by atoms with E-state index in [9.17, 15) is 5.11 Å². The standard InChI is InChI=1S/C9H16N2O2/c1-11-4-2-7(6-11)9(13)8(10)3-5-12/h2,4,6,8-9,12-13H,3,5,10H2,1H3. The van der Waals surface area contributed by atoms with Crippen LogP contribution in [0.3, 0.4) is 0 Å². The van der Waals surface area contributed by atoms with Gasteiger partial charge < -0.3 is 20.5 Å². The van der Waals surface area contributed by atoms with E-state index in [4.69, 9.17) is 10.8 Å². The van der Waals surface area contributed by atoms with E-state index >= 15 is 0 Å². The summed E-state index contributed by atoms with van der Waals surface area (Å²) in [5, 5.41) is 18.3. The van der Waals surface area contributed by atoms with Crippen LogP contribution in [-0.4, -0.2) is 27.4 Å². The molecule has 0 fully saturated rings. The lowest BCUT2D eigenvalue weighted by molar-refractivity contribution is 0.129. The van der Waals surface area contributed by atoms with E-state index in [1.807, 2.05) is 30.1 Å². The van der Waals surface area contributed by atoms with Crippen molar-refractivity contribution in [3.05, 3.63) is 24.0 Å². The number of rotatable bonds is 4. The summed E-state index contributed by atoms with van der Waals surface area (Å²) in [5.41, 5.74) is 6.44. The minimum absolute atomic E-state index is 0.00502. The predicted octanol–water partition coefficient (Wildman–Crippen LogP) is -0.232. The zero-order valence-electron chi connectivity index (χ0n) is 7.72. The second-order valence-electron chi connectivity index (χ2n) is 3.23. The molecule has 13 heavy (non-hydrogen) atoms. The summed E-state index contributed by atoms with van der Waals surface area (Å²) in [6, 6.07) is 1.43. The maximum Gasteiger partial charge on any atom is 0.0956 e. The quantitative estimate of drug-likeness (QED) is 0.605. The van der Waals surface area contributed by atoms with Crippen molar-refractivity contribution in [2.24, 2.45) is 12.8 Å². The monoisotopic (exact) mass is 184 g/mol. The maximum atomic E-state index is 9.68. The minimum atomic E-state index is -0.687. The van der Waals surface area contributed by atoms with Crippen LogP contribution >= 0.6 is 0 Å². The Morgan fingerprint density at radius 1 is 1.62 bits per heavy atom. The van der Waals surface area contributed by atoms with Crippen molar-refractivity contribution < 1.29 is 10.2 Å². The Labute approximate surface area is 77.6 Å². The van der Waals surface area contributed by atoms with Crippen molar-refractivity contribution in [1.82, 2.24) is 4.57 Å². The van der Waals surface area contributed by atoms with Gasteiger partial charge in [0.25, 0.3) is 0 Å². The topological polar surface area (TPSA) is 71.4 Å². The lowest BCUT2D eigenvalue weighted by atomic mass is 10.0. The van der Waals surface area contributed by atoms with Crippen LogP contribution < -0.4 is 5.73 Å². The molecule has 0 aliphatic carbocycles. The van der Waals surface area contributed by atoms with Gasteiger partial charge in [-0.1, -0.05) is 0 Å². The Hall–Kier alpha value is -0.840. The Morgan fingerprint density at radius 3 is 2.77 bits per heavy atom. The zero-order chi connectivity index (χ0) is 9.84. The van der Waals surface area contributed by atoms with Crippen LogP contribution in [-0.2, 0) is 7.05 Å². The summed E-state index contributed by atoms with van der Waals surface area (Å²) in [6.45, 7) is 0.00502. The van der Waals surface area contributed by atoms with Gasteiger partial charge in [0.2, 0.25) is 0 Å². The Kier molecular flexibility index (Phi) is 3.48. The second kappa shape index (κ2) is 4.41. The van der Waals surface area contributed by atoms with Gasteiger partial charge in [0.1, 0.15) is 0 Å². The molecular formula is C9H16N2O2. The third-order valence-electron chi connectivity index (χ3n) is 2.06. The lowest BCUT2D eigenvalue weighted by Gasteiger charge is -2.16. The fourth-order valence-corrected chi connectivity index (χ4v) is 1.25. The van der Waals surface area contributed by atoms with E-state index in [1.54, 1.807) is 0 Å². The molecule has 0 spiro atoms. The fraction of sp³-hybridized carbons (Fsp3) is 0.556. The lowest BCUT2D eigenvalue weighted by Crippen LogP contribution is -2.29. The molecule has 0 amide bonds. The van der Waals surface area contributed by atoms with Gasteiger partial charge >= 0.3 is 0 Å². The molecule has 4 nitrogen and oxygen atoms in total. The molecule has 0 aliphatic heterocycles. The van der Waals surface area contributed by atoms with E-state index in [1.165, 1.54) is 0 Å². The Morgan fingerprint density at radius 2 is 2.31 bits per heavy atom. The van der Waals surface area contributed by atoms with Crippen molar-refractivity contribution in [3.8, 4) is 0 Å². The van der Waals surface area contributed by atoms with Gasteiger partial charge in [-0.15, -0.1) is 0 Å². The number of aryl methyl sites for hydroxylation is 1. The van der Waals surface area contributed by atoms with Gasteiger partial charge in [-0.05, 0) is 18.1 Å². The molecule has 74 valence electrons. The molecule has 2 atom stereocenters. The van der Waals surface area contributed by atoms with Crippen molar-refractivity contribution in [2.45, 2.75) is 18.6 Å². The van der Waals surface area contributed by atoms with Crippen LogP contribution in [0, 0.1) is 0 Å². The molecule has 1 rings (SSSR count). The third-order valence-corrected chi connectivity index (χ3v) is 2.06. The number of hydrogen-bond acceptors (Lipinski definition) is 3. The average Bonchev–Trinajstić information content (AvgIpc) is 2.51. The Bertz CT molecular complexity index is 260. The third kappa shape index (κ3) is 2.55. The predicted molar refractivity (Wildman–Crippen MR) is 50.1 cm³/mol. The number of nitrogens with zero attached hydrogens (tertiary/aromatic N) is 1. The van der Waals surface area contributed by atoms with Crippen LogP contribution in [0.4, 0.5) is 0 Å². The van der Waals surface area contributed by atoms with E-state index in [0.717, 1.165) is 5.56 Å². The van der Waals surface area contributed by atoms with Crippen molar-refractivity contribution in [2.75, 3.05) is 6.61 Å². The first kappa shape index (κ1) is 10.2. The molecule has 0 bridgehead atoms. The molecule has 2 unspecified atom stereocenters. The summed E-state index contributed by atoms with van der Waals surface area (Å²) in [5.74, 6) is 0. The first-order chi connectivity index (χ1) is 6.15. The van der Waals surface area contributed by atoms with Crippen LogP contribution in [0.1, 0.15) is 18.1 Å². The van der Waals surface area contributed by atoms with Gasteiger partial charge in [0.15, 0.2) is 0 Å². The number of aliphatic hydroxyl groups is 2.